The molecule has 0 aromatic heterocycles. The third-order valence-corrected chi connectivity index (χ3v) is 2.43. The van der Waals surface area contributed by atoms with Gasteiger partial charge in [0.1, 0.15) is 11.6 Å². The van der Waals surface area contributed by atoms with Gasteiger partial charge in [-0.3, -0.25) is 0 Å². The Kier molecular flexibility index (Phi) is 5.35. The van der Waals surface area contributed by atoms with Crippen LogP contribution in [0.5, 0.6) is 0 Å². The Balaban J connectivity index is 2.63. The molecule has 0 saturated heterocycles. The van der Waals surface area contributed by atoms with Crippen molar-refractivity contribution in [3.63, 3.8) is 0 Å². The van der Waals surface area contributed by atoms with Gasteiger partial charge in [-0.25, -0.2) is 13.6 Å². The summed E-state index contributed by atoms with van der Waals surface area (Å²) in [5, 5.41) is 0. The Bertz CT molecular complexity index is 376. The fourth-order valence-corrected chi connectivity index (χ4v) is 1.51. The normalized spacial score (nSPS) is 12.2. The summed E-state index contributed by atoms with van der Waals surface area (Å²) >= 11 is 5.75. The molecule has 0 fully saturated rings. The predicted molar refractivity (Wildman–Crippen MR) is 60.9 cm³/mol. The van der Waals surface area contributed by atoms with Crippen molar-refractivity contribution in [2.45, 2.75) is 31.7 Å². The molecular formula is C12H13ClF2O2. The summed E-state index contributed by atoms with van der Waals surface area (Å²) in [4.78, 5) is 11.5. The summed E-state index contributed by atoms with van der Waals surface area (Å²) in [6.45, 7) is 1.98. The molecule has 0 aliphatic heterocycles. The van der Waals surface area contributed by atoms with E-state index in [1.165, 1.54) is 0 Å². The van der Waals surface area contributed by atoms with Gasteiger partial charge in [-0.1, -0.05) is 24.9 Å². The molecule has 0 N–H and O–H groups in total. The Labute approximate surface area is 104 Å². The van der Waals surface area contributed by atoms with Crippen molar-refractivity contribution in [1.82, 2.24) is 0 Å². The van der Waals surface area contributed by atoms with Crippen LogP contribution in [-0.2, 0) is 4.74 Å². The van der Waals surface area contributed by atoms with Crippen LogP contribution in [-0.4, -0.2) is 11.5 Å². The molecule has 94 valence electrons. The highest BCUT2D eigenvalue weighted by Gasteiger charge is 2.14. The number of rotatable bonds is 5. The smallest absolute Gasteiger partial charge is 0.339 e. The summed E-state index contributed by atoms with van der Waals surface area (Å²) in [6.07, 6.45) is 2.26. The van der Waals surface area contributed by atoms with Crippen LogP contribution < -0.4 is 0 Å². The summed E-state index contributed by atoms with van der Waals surface area (Å²) < 4.78 is 30.5. The SMILES string of the molecule is CCCCC(Cl)OC(=O)c1cc(F)cc(F)c1. The highest BCUT2D eigenvalue weighted by molar-refractivity contribution is 6.20. The van der Waals surface area contributed by atoms with Crippen LogP contribution in [0.3, 0.4) is 0 Å². The number of halogens is 3. The van der Waals surface area contributed by atoms with E-state index in [0.717, 1.165) is 25.0 Å². The van der Waals surface area contributed by atoms with E-state index in [1.807, 2.05) is 6.92 Å². The van der Waals surface area contributed by atoms with Crippen molar-refractivity contribution >= 4 is 17.6 Å². The second-order valence-corrected chi connectivity index (χ2v) is 4.10. The molecule has 0 radical (unpaired) electrons. The van der Waals surface area contributed by atoms with Gasteiger partial charge in [0.25, 0.3) is 0 Å². The standard InChI is InChI=1S/C12H13ClF2O2/c1-2-3-4-11(13)17-12(16)8-5-9(14)7-10(15)6-8/h5-7,11H,2-4H2,1H3. The lowest BCUT2D eigenvalue weighted by molar-refractivity contribution is 0.0432. The van der Waals surface area contributed by atoms with Crippen LogP contribution in [0.1, 0.15) is 36.5 Å². The first kappa shape index (κ1) is 13.9. The van der Waals surface area contributed by atoms with Crippen molar-refractivity contribution < 1.29 is 18.3 Å². The van der Waals surface area contributed by atoms with Gasteiger partial charge in [-0.2, -0.15) is 0 Å². The van der Waals surface area contributed by atoms with Crippen molar-refractivity contribution in [3.8, 4) is 0 Å². The molecule has 1 aromatic carbocycles. The predicted octanol–water partition coefficient (Wildman–Crippen LogP) is 3.88. The van der Waals surface area contributed by atoms with E-state index in [9.17, 15) is 13.6 Å². The van der Waals surface area contributed by atoms with Crippen molar-refractivity contribution in [2.24, 2.45) is 0 Å². The Hall–Kier alpha value is -1.16. The van der Waals surface area contributed by atoms with Gasteiger partial charge in [0, 0.05) is 6.07 Å². The van der Waals surface area contributed by atoms with Crippen molar-refractivity contribution in [1.29, 1.82) is 0 Å². The van der Waals surface area contributed by atoms with Gasteiger partial charge in [-0.15, -0.1) is 0 Å². The van der Waals surface area contributed by atoms with E-state index in [-0.39, 0.29) is 5.56 Å². The second-order valence-electron chi connectivity index (χ2n) is 3.62. The number of alkyl halides is 1. The van der Waals surface area contributed by atoms with E-state index in [0.29, 0.717) is 12.5 Å². The van der Waals surface area contributed by atoms with Crippen molar-refractivity contribution in [2.75, 3.05) is 0 Å². The monoisotopic (exact) mass is 262 g/mol. The van der Waals surface area contributed by atoms with Gasteiger partial charge in [0.2, 0.25) is 0 Å². The number of benzene rings is 1. The lowest BCUT2D eigenvalue weighted by atomic mass is 10.2. The van der Waals surface area contributed by atoms with E-state index < -0.39 is 23.2 Å². The van der Waals surface area contributed by atoms with Crippen LogP contribution >= 0.6 is 11.6 Å². The third kappa shape index (κ3) is 4.69. The highest BCUT2D eigenvalue weighted by Crippen LogP contribution is 2.14. The Morgan fingerprint density at radius 1 is 1.35 bits per heavy atom. The number of ether oxygens (including phenoxy) is 1. The first-order chi connectivity index (χ1) is 8.02. The maximum absolute atomic E-state index is 12.8. The highest BCUT2D eigenvalue weighted by atomic mass is 35.5. The molecule has 0 heterocycles. The molecule has 1 atom stereocenters. The van der Waals surface area contributed by atoms with Crippen LogP contribution in [0.15, 0.2) is 18.2 Å². The first-order valence-electron chi connectivity index (χ1n) is 5.34. The summed E-state index contributed by atoms with van der Waals surface area (Å²) in [7, 11) is 0. The molecule has 0 spiro atoms. The van der Waals surface area contributed by atoms with Gasteiger partial charge in [0.15, 0.2) is 5.56 Å². The van der Waals surface area contributed by atoms with Gasteiger partial charge in [0.05, 0.1) is 5.56 Å². The van der Waals surface area contributed by atoms with E-state index in [2.05, 4.69) is 0 Å². The van der Waals surface area contributed by atoms with E-state index >= 15 is 0 Å². The summed E-state index contributed by atoms with van der Waals surface area (Å²) in [6, 6.07) is 2.51. The summed E-state index contributed by atoms with van der Waals surface area (Å²) in [5.74, 6) is -2.47. The van der Waals surface area contributed by atoms with Crippen LogP contribution in [0.25, 0.3) is 0 Å². The average Bonchev–Trinajstić information content (AvgIpc) is 2.25. The molecule has 0 bridgehead atoms. The van der Waals surface area contributed by atoms with E-state index in [4.69, 9.17) is 16.3 Å². The molecule has 1 aromatic rings. The molecule has 2 nitrogen and oxygen atoms in total. The van der Waals surface area contributed by atoms with Crippen LogP contribution in [0, 0.1) is 11.6 Å². The lowest BCUT2D eigenvalue weighted by Gasteiger charge is -2.10. The Morgan fingerprint density at radius 3 is 2.47 bits per heavy atom. The zero-order valence-electron chi connectivity index (χ0n) is 9.38. The topological polar surface area (TPSA) is 26.3 Å². The molecule has 0 saturated carbocycles. The fraction of sp³-hybridized carbons (Fsp3) is 0.417. The maximum atomic E-state index is 12.8. The maximum Gasteiger partial charge on any atom is 0.339 e. The van der Waals surface area contributed by atoms with Crippen LogP contribution in [0.4, 0.5) is 8.78 Å². The fourth-order valence-electron chi connectivity index (χ4n) is 1.28. The van der Waals surface area contributed by atoms with Gasteiger partial charge < -0.3 is 4.74 Å². The average molecular weight is 263 g/mol. The minimum Gasteiger partial charge on any atom is -0.442 e. The zero-order valence-corrected chi connectivity index (χ0v) is 10.1. The Morgan fingerprint density at radius 2 is 1.94 bits per heavy atom. The van der Waals surface area contributed by atoms with Crippen molar-refractivity contribution in [3.05, 3.63) is 35.4 Å². The third-order valence-electron chi connectivity index (χ3n) is 2.12. The largest absolute Gasteiger partial charge is 0.442 e. The molecule has 0 amide bonds. The molecule has 1 unspecified atom stereocenters. The minimum absolute atomic E-state index is 0.176. The molecule has 0 aliphatic carbocycles. The van der Waals surface area contributed by atoms with Gasteiger partial charge in [-0.05, 0) is 25.0 Å². The number of hydrogen-bond acceptors (Lipinski definition) is 2. The number of esters is 1. The molecular weight excluding hydrogens is 250 g/mol. The minimum atomic E-state index is -0.823. The number of unbranched alkanes of at least 4 members (excludes halogenated alkanes) is 1. The van der Waals surface area contributed by atoms with Gasteiger partial charge >= 0.3 is 5.97 Å². The quantitative estimate of drug-likeness (QED) is 0.595. The van der Waals surface area contributed by atoms with Crippen LogP contribution in [0.2, 0.25) is 0 Å². The number of hydrogen-bond donors (Lipinski definition) is 0. The first-order valence-corrected chi connectivity index (χ1v) is 5.77. The van der Waals surface area contributed by atoms with E-state index in [1.54, 1.807) is 0 Å². The zero-order chi connectivity index (χ0) is 12.8. The number of carbonyl (C=O) groups is 1. The molecule has 17 heavy (non-hydrogen) atoms. The molecule has 1 rings (SSSR count). The lowest BCUT2D eigenvalue weighted by Crippen LogP contribution is -2.13. The summed E-state index contributed by atoms with van der Waals surface area (Å²) in [5.41, 5.74) is -0.946. The molecule has 5 heteroatoms. The second kappa shape index (κ2) is 6.55. The molecule has 0 aliphatic rings. The number of carbonyl (C=O) groups excluding carboxylic acids is 1.